The fourth-order valence-electron chi connectivity index (χ4n) is 3.19. The lowest BCUT2D eigenvalue weighted by Crippen LogP contribution is -2.15. The number of nitrogens with zero attached hydrogens (tertiary/aromatic N) is 2. The van der Waals surface area contributed by atoms with Crippen LogP contribution in [-0.4, -0.2) is 44.9 Å². The van der Waals surface area contributed by atoms with Crippen molar-refractivity contribution >= 4 is 17.3 Å². The number of aromatic carboxylic acids is 1. The van der Waals surface area contributed by atoms with Crippen molar-refractivity contribution < 1.29 is 28.2 Å². The summed E-state index contributed by atoms with van der Waals surface area (Å²) in [6, 6.07) is 8.26. The number of alkyl halides is 3. The van der Waals surface area contributed by atoms with E-state index in [9.17, 15) is 18.0 Å². The van der Waals surface area contributed by atoms with Gasteiger partial charge in [0.15, 0.2) is 5.65 Å². The van der Waals surface area contributed by atoms with Gasteiger partial charge in [-0.1, -0.05) is 12.1 Å². The number of hydrogen-bond donors (Lipinski definition) is 3. The number of anilines is 1. The van der Waals surface area contributed by atoms with E-state index in [0.29, 0.717) is 30.6 Å². The van der Waals surface area contributed by atoms with Crippen LogP contribution in [0.4, 0.5) is 18.9 Å². The van der Waals surface area contributed by atoms with E-state index >= 15 is 0 Å². The van der Waals surface area contributed by atoms with Gasteiger partial charge in [0.1, 0.15) is 0 Å². The topological polar surface area (TPSA) is 86.9 Å². The highest BCUT2D eigenvalue weighted by molar-refractivity contribution is 5.87. The average molecular weight is 421 g/mol. The summed E-state index contributed by atoms with van der Waals surface area (Å²) in [4.78, 5) is 15.4. The van der Waals surface area contributed by atoms with Gasteiger partial charge in [-0.2, -0.15) is 13.2 Å². The Hall–Kier alpha value is -3.07. The van der Waals surface area contributed by atoms with Gasteiger partial charge in [0.2, 0.25) is 0 Å². The molecule has 0 aliphatic carbocycles. The largest absolute Gasteiger partial charge is 0.478 e. The second kappa shape index (κ2) is 9.17. The van der Waals surface area contributed by atoms with Crippen LogP contribution >= 0.6 is 0 Å². The number of nitrogens with one attached hydrogen (secondary N) is 1. The Bertz CT molecular complexity index is 1010. The van der Waals surface area contributed by atoms with Gasteiger partial charge in [0.05, 0.1) is 17.7 Å². The number of fused-ring (bicyclic) bond motifs is 1. The van der Waals surface area contributed by atoms with Crippen LogP contribution in [0, 0.1) is 0 Å². The smallest absolute Gasteiger partial charge is 0.390 e. The Kier molecular flexibility index (Phi) is 6.61. The molecule has 0 atom stereocenters. The molecule has 0 radical (unpaired) electrons. The number of aromatic nitrogens is 2. The molecular weight excluding hydrogens is 399 g/mol. The predicted molar refractivity (Wildman–Crippen MR) is 106 cm³/mol. The highest BCUT2D eigenvalue weighted by atomic mass is 19.4. The Morgan fingerprint density at radius 3 is 2.53 bits per heavy atom. The summed E-state index contributed by atoms with van der Waals surface area (Å²) in [5, 5.41) is 21.0. The fraction of sp³-hybridized carbons (Fsp3) is 0.333. The molecule has 0 saturated heterocycles. The maximum Gasteiger partial charge on any atom is 0.390 e. The monoisotopic (exact) mass is 421 g/mol. The molecule has 6 nitrogen and oxygen atoms in total. The van der Waals surface area contributed by atoms with Crippen molar-refractivity contribution in [2.24, 2.45) is 0 Å². The summed E-state index contributed by atoms with van der Waals surface area (Å²) in [6.07, 6.45) is -0.0882. The van der Waals surface area contributed by atoms with E-state index in [-0.39, 0.29) is 18.7 Å². The molecule has 3 rings (SSSR count). The van der Waals surface area contributed by atoms with Crippen molar-refractivity contribution in [3.05, 3.63) is 65.1 Å². The molecule has 0 fully saturated rings. The number of hydrogen-bond acceptors (Lipinski definition) is 4. The van der Waals surface area contributed by atoms with Crippen LogP contribution in [-0.2, 0) is 12.8 Å². The van der Waals surface area contributed by atoms with E-state index in [2.05, 4.69) is 10.3 Å². The van der Waals surface area contributed by atoms with E-state index in [1.165, 1.54) is 12.1 Å². The Labute approximate surface area is 171 Å². The lowest BCUT2D eigenvalue weighted by atomic mass is 10.1. The molecule has 30 heavy (non-hydrogen) atoms. The Morgan fingerprint density at radius 2 is 1.90 bits per heavy atom. The lowest BCUT2D eigenvalue weighted by molar-refractivity contribution is -0.131. The van der Waals surface area contributed by atoms with Gasteiger partial charge >= 0.3 is 12.1 Å². The molecule has 1 aromatic carbocycles. The molecule has 3 N–H and O–H groups in total. The molecule has 9 heteroatoms. The van der Waals surface area contributed by atoms with E-state index in [4.69, 9.17) is 10.2 Å². The SMILES string of the molecule is O=C(O)c1ccc(Cc2cnc3c(NCCC(F)(F)F)cc(CCCO)cn23)cc1. The van der Waals surface area contributed by atoms with Gasteiger partial charge in [-0.3, -0.25) is 0 Å². The first-order chi connectivity index (χ1) is 14.3. The van der Waals surface area contributed by atoms with E-state index in [0.717, 1.165) is 16.8 Å². The van der Waals surface area contributed by atoms with Crippen LogP contribution < -0.4 is 5.32 Å². The van der Waals surface area contributed by atoms with E-state index in [1.807, 2.05) is 10.6 Å². The van der Waals surface area contributed by atoms with Crippen molar-refractivity contribution in [3.8, 4) is 0 Å². The number of aliphatic hydroxyl groups excluding tert-OH is 1. The molecule has 0 saturated carbocycles. The molecule has 0 aliphatic heterocycles. The van der Waals surface area contributed by atoms with Gasteiger partial charge in [-0.05, 0) is 42.2 Å². The predicted octanol–water partition coefficient (Wildman–Crippen LogP) is 3.91. The Morgan fingerprint density at radius 1 is 1.17 bits per heavy atom. The number of benzene rings is 1. The fourth-order valence-corrected chi connectivity index (χ4v) is 3.19. The van der Waals surface area contributed by atoms with Crippen molar-refractivity contribution in [2.45, 2.75) is 31.9 Å². The zero-order valence-electron chi connectivity index (χ0n) is 16.1. The third kappa shape index (κ3) is 5.50. The third-order valence-electron chi connectivity index (χ3n) is 4.67. The normalized spacial score (nSPS) is 11.7. The highest BCUT2D eigenvalue weighted by Gasteiger charge is 2.26. The summed E-state index contributed by atoms with van der Waals surface area (Å²) < 4.78 is 39.4. The first kappa shape index (κ1) is 21.6. The minimum Gasteiger partial charge on any atom is -0.478 e. The minimum atomic E-state index is -4.25. The summed E-state index contributed by atoms with van der Waals surface area (Å²) in [5.74, 6) is -1.00. The van der Waals surface area contributed by atoms with Crippen LogP contribution in [0.3, 0.4) is 0 Å². The van der Waals surface area contributed by atoms with Crippen molar-refractivity contribution in [1.29, 1.82) is 0 Å². The maximum atomic E-state index is 12.5. The highest BCUT2D eigenvalue weighted by Crippen LogP contribution is 2.24. The number of halogens is 3. The van der Waals surface area contributed by atoms with Gasteiger partial charge in [-0.15, -0.1) is 0 Å². The standard InChI is InChI=1S/C21H22F3N3O3/c22-21(23,24)7-8-25-18-11-15(2-1-9-28)13-27-17(12-26-19(18)27)10-14-3-5-16(6-4-14)20(29)30/h3-6,11-13,25,28H,1-2,7-10H2,(H,29,30). The van der Waals surface area contributed by atoms with Crippen LogP contribution in [0.25, 0.3) is 5.65 Å². The molecule has 160 valence electrons. The molecule has 0 spiro atoms. The molecule has 3 aromatic rings. The number of carbonyl (C=O) groups is 1. The molecule has 2 heterocycles. The first-order valence-electron chi connectivity index (χ1n) is 9.49. The number of carboxylic acid groups (broad SMARTS) is 1. The summed E-state index contributed by atoms with van der Waals surface area (Å²) >= 11 is 0. The summed E-state index contributed by atoms with van der Waals surface area (Å²) in [7, 11) is 0. The second-order valence-electron chi connectivity index (χ2n) is 7.00. The summed E-state index contributed by atoms with van der Waals surface area (Å²) in [6.45, 7) is -0.247. The Balaban J connectivity index is 1.89. The minimum absolute atomic E-state index is 0.0155. The summed E-state index contributed by atoms with van der Waals surface area (Å²) in [5.41, 5.74) is 3.78. The molecule has 0 bridgehead atoms. The molecule has 0 amide bonds. The van der Waals surface area contributed by atoms with Crippen LogP contribution in [0.5, 0.6) is 0 Å². The second-order valence-corrected chi connectivity index (χ2v) is 7.00. The number of imidazole rings is 1. The van der Waals surface area contributed by atoms with Crippen LogP contribution in [0.2, 0.25) is 0 Å². The van der Waals surface area contributed by atoms with Crippen molar-refractivity contribution in [2.75, 3.05) is 18.5 Å². The number of pyridine rings is 1. The number of aliphatic hydroxyl groups is 1. The maximum absolute atomic E-state index is 12.5. The number of carboxylic acids is 1. The number of aryl methyl sites for hydroxylation is 1. The third-order valence-corrected chi connectivity index (χ3v) is 4.67. The van der Waals surface area contributed by atoms with Gasteiger partial charge in [-0.25, -0.2) is 9.78 Å². The zero-order chi connectivity index (χ0) is 21.7. The van der Waals surface area contributed by atoms with Crippen molar-refractivity contribution in [3.63, 3.8) is 0 Å². The number of rotatable bonds is 9. The van der Waals surface area contributed by atoms with Gasteiger partial charge < -0.3 is 19.9 Å². The van der Waals surface area contributed by atoms with E-state index < -0.39 is 18.6 Å². The molecular formula is C21H22F3N3O3. The van der Waals surface area contributed by atoms with Crippen LogP contribution in [0.1, 0.15) is 40.0 Å². The molecule has 0 aliphatic rings. The van der Waals surface area contributed by atoms with Gasteiger partial charge in [0.25, 0.3) is 0 Å². The molecule has 0 unspecified atom stereocenters. The zero-order valence-corrected chi connectivity index (χ0v) is 16.1. The average Bonchev–Trinajstić information content (AvgIpc) is 3.08. The van der Waals surface area contributed by atoms with Crippen molar-refractivity contribution in [1.82, 2.24) is 9.38 Å². The van der Waals surface area contributed by atoms with Gasteiger partial charge in [0, 0.05) is 37.7 Å². The lowest BCUT2D eigenvalue weighted by Gasteiger charge is -2.13. The quantitative estimate of drug-likeness (QED) is 0.488. The van der Waals surface area contributed by atoms with E-state index in [1.54, 1.807) is 24.4 Å². The molecule has 2 aromatic heterocycles. The van der Waals surface area contributed by atoms with Crippen LogP contribution in [0.15, 0.2) is 42.7 Å². The first-order valence-corrected chi connectivity index (χ1v) is 9.49.